The molecule has 0 unspecified atom stereocenters. The lowest BCUT2D eigenvalue weighted by Crippen LogP contribution is -1.88. The van der Waals surface area contributed by atoms with Crippen LogP contribution in [0.25, 0.3) is 0 Å². The van der Waals surface area contributed by atoms with E-state index in [4.69, 9.17) is 21.3 Å². The highest BCUT2D eigenvalue weighted by Crippen LogP contribution is 2.36. The Balaban J connectivity index is 0. The third kappa shape index (κ3) is 17.7. The van der Waals surface area contributed by atoms with Crippen molar-refractivity contribution in [3.63, 3.8) is 0 Å². The quantitative estimate of drug-likeness (QED) is 0.594. The summed E-state index contributed by atoms with van der Waals surface area (Å²) in [5.41, 5.74) is 9.69. The molecule has 0 bridgehead atoms. The largest absolute Gasteiger partial charge is 0.524 e. The Morgan fingerprint density at radius 3 is 1.76 bits per heavy atom. The molecule has 0 atom stereocenters. The summed E-state index contributed by atoms with van der Waals surface area (Å²) in [6.45, 7) is 5.31. The van der Waals surface area contributed by atoms with Crippen molar-refractivity contribution in [3.05, 3.63) is 30.3 Å². The van der Waals surface area contributed by atoms with Gasteiger partial charge in [0.1, 0.15) is 5.75 Å². The summed E-state index contributed by atoms with van der Waals surface area (Å²) < 4.78 is 14.5. The first-order valence-corrected chi connectivity index (χ1v) is 6.64. The van der Waals surface area contributed by atoms with E-state index in [1.165, 1.54) is 12.1 Å². The molecule has 0 aliphatic carbocycles. The van der Waals surface area contributed by atoms with E-state index in [-0.39, 0.29) is 5.75 Å². The molecular formula is C10H21N2O4P. The zero-order valence-corrected chi connectivity index (χ0v) is 11.0. The summed E-state index contributed by atoms with van der Waals surface area (Å²) in [4.78, 5) is 16.7. The van der Waals surface area contributed by atoms with Crippen molar-refractivity contribution in [2.45, 2.75) is 13.8 Å². The molecule has 0 amide bonds. The van der Waals surface area contributed by atoms with Crippen molar-refractivity contribution in [1.29, 1.82) is 0 Å². The molecule has 0 spiro atoms. The van der Waals surface area contributed by atoms with Gasteiger partial charge in [-0.25, -0.2) is 4.57 Å². The minimum Gasteiger partial charge on any atom is -0.404 e. The van der Waals surface area contributed by atoms with Gasteiger partial charge in [-0.1, -0.05) is 32.0 Å². The van der Waals surface area contributed by atoms with Gasteiger partial charge in [0, 0.05) is 0 Å². The Morgan fingerprint density at radius 2 is 1.47 bits per heavy atom. The number of rotatable bonds is 2. The van der Waals surface area contributed by atoms with Crippen LogP contribution in [0, 0.1) is 0 Å². The summed E-state index contributed by atoms with van der Waals surface area (Å²) >= 11 is 0. The van der Waals surface area contributed by atoms with Crippen molar-refractivity contribution in [1.82, 2.24) is 0 Å². The van der Waals surface area contributed by atoms with E-state index in [0.717, 1.165) is 13.1 Å². The van der Waals surface area contributed by atoms with Crippen molar-refractivity contribution in [2.24, 2.45) is 11.5 Å². The molecule has 6 N–H and O–H groups in total. The number of phosphoric ester groups is 1. The zero-order valence-electron chi connectivity index (χ0n) is 10.1. The van der Waals surface area contributed by atoms with Gasteiger partial charge in [0.05, 0.1) is 0 Å². The van der Waals surface area contributed by atoms with Crippen molar-refractivity contribution >= 4 is 7.82 Å². The fourth-order valence-electron chi connectivity index (χ4n) is 0.619. The van der Waals surface area contributed by atoms with Crippen molar-refractivity contribution in [2.75, 3.05) is 13.1 Å². The number of nitrogens with two attached hydrogens (primary N) is 2. The maximum Gasteiger partial charge on any atom is 0.524 e. The Morgan fingerprint density at radius 1 is 1.12 bits per heavy atom. The van der Waals surface area contributed by atoms with Crippen LogP contribution in [0.15, 0.2) is 30.3 Å². The predicted molar refractivity (Wildman–Crippen MR) is 68.6 cm³/mol. The molecule has 0 heterocycles. The molecule has 6 nitrogen and oxygen atoms in total. The molecule has 0 saturated heterocycles. The molecule has 1 rings (SSSR count). The summed E-state index contributed by atoms with van der Waals surface area (Å²) in [7, 11) is -4.39. The summed E-state index contributed by atoms with van der Waals surface area (Å²) in [5, 5.41) is 0. The molecule has 0 aliphatic rings. The van der Waals surface area contributed by atoms with E-state index in [1.807, 2.05) is 13.8 Å². The highest BCUT2D eigenvalue weighted by Gasteiger charge is 2.14. The van der Waals surface area contributed by atoms with Gasteiger partial charge in [0.25, 0.3) is 0 Å². The number of para-hydroxylation sites is 1. The lowest BCUT2D eigenvalue weighted by atomic mass is 10.3. The second kappa shape index (κ2) is 11.6. The van der Waals surface area contributed by atoms with Gasteiger partial charge in [-0.05, 0) is 25.2 Å². The minimum absolute atomic E-state index is 0.167. The molecule has 17 heavy (non-hydrogen) atoms. The number of hydrogen-bond acceptors (Lipinski definition) is 4. The third-order valence-corrected chi connectivity index (χ3v) is 1.42. The first-order valence-electron chi connectivity index (χ1n) is 5.11. The highest BCUT2D eigenvalue weighted by atomic mass is 31.2. The van der Waals surface area contributed by atoms with E-state index in [1.54, 1.807) is 18.2 Å². The first-order chi connectivity index (χ1) is 7.91. The first kappa shape index (κ1) is 18.5. The van der Waals surface area contributed by atoms with Crippen LogP contribution in [0.2, 0.25) is 0 Å². The monoisotopic (exact) mass is 264 g/mol. The van der Waals surface area contributed by atoms with E-state index >= 15 is 0 Å². The summed E-state index contributed by atoms with van der Waals surface area (Å²) in [6.07, 6.45) is 0. The fraction of sp³-hybridized carbons (Fsp3) is 0.400. The van der Waals surface area contributed by atoms with Crippen LogP contribution in [0.1, 0.15) is 13.8 Å². The molecule has 0 radical (unpaired) electrons. The van der Waals surface area contributed by atoms with Crippen LogP contribution in [0.3, 0.4) is 0 Å². The third-order valence-electron chi connectivity index (χ3n) is 0.968. The lowest BCUT2D eigenvalue weighted by Gasteiger charge is -2.04. The fourth-order valence-corrected chi connectivity index (χ4v) is 1.02. The van der Waals surface area contributed by atoms with Gasteiger partial charge >= 0.3 is 7.82 Å². The second-order valence-corrected chi connectivity index (χ2v) is 3.88. The van der Waals surface area contributed by atoms with Gasteiger partial charge in [-0.3, -0.25) is 9.79 Å². The lowest BCUT2D eigenvalue weighted by molar-refractivity contribution is 0.283. The van der Waals surface area contributed by atoms with Gasteiger partial charge in [-0.2, -0.15) is 0 Å². The van der Waals surface area contributed by atoms with E-state index in [9.17, 15) is 4.57 Å². The van der Waals surface area contributed by atoms with Gasteiger partial charge in [-0.15, -0.1) is 0 Å². The van der Waals surface area contributed by atoms with Crippen molar-refractivity contribution in [3.8, 4) is 5.75 Å². The van der Waals surface area contributed by atoms with Crippen LogP contribution in [-0.4, -0.2) is 22.9 Å². The van der Waals surface area contributed by atoms with Crippen LogP contribution < -0.4 is 16.0 Å². The molecule has 0 aliphatic heterocycles. The van der Waals surface area contributed by atoms with Crippen LogP contribution in [0.4, 0.5) is 0 Å². The molecular weight excluding hydrogens is 243 g/mol. The average molecular weight is 264 g/mol. The molecule has 0 fully saturated rings. The normalized spacial score (nSPS) is 9.29. The molecule has 1 aromatic carbocycles. The molecule has 1 aromatic rings. The molecule has 0 aromatic heterocycles. The molecule has 7 heteroatoms. The van der Waals surface area contributed by atoms with Crippen LogP contribution in [-0.2, 0) is 4.57 Å². The highest BCUT2D eigenvalue weighted by molar-refractivity contribution is 7.46. The summed E-state index contributed by atoms with van der Waals surface area (Å²) in [6, 6.07) is 7.93. The maximum absolute atomic E-state index is 10.3. The van der Waals surface area contributed by atoms with Gasteiger partial charge in [0.2, 0.25) is 0 Å². The summed E-state index contributed by atoms with van der Waals surface area (Å²) in [5.74, 6) is 0.167. The Bertz CT molecular complexity index is 300. The minimum atomic E-state index is -4.39. The zero-order chi connectivity index (χ0) is 13.7. The number of phosphoric acid groups is 1. The average Bonchev–Trinajstić information content (AvgIpc) is 2.19. The van der Waals surface area contributed by atoms with Crippen LogP contribution >= 0.6 is 7.82 Å². The Kier molecular flexibility index (Phi) is 12.6. The van der Waals surface area contributed by atoms with Crippen LogP contribution in [0.5, 0.6) is 5.75 Å². The van der Waals surface area contributed by atoms with E-state index < -0.39 is 7.82 Å². The topological polar surface area (TPSA) is 119 Å². The SMILES string of the molecule is CCN.CCN.O=P(O)(O)Oc1ccccc1. The molecule has 0 saturated carbocycles. The maximum atomic E-state index is 10.3. The number of hydrogen-bond donors (Lipinski definition) is 4. The van der Waals surface area contributed by atoms with Gasteiger partial charge in [0.15, 0.2) is 0 Å². The Hall–Kier alpha value is -0.910. The standard InChI is InChI=1S/C6H7O4P.2C2H7N/c7-11(8,9)10-6-4-2-1-3-5-6;2*1-2-3/h1-5H,(H2,7,8,9);2*2-3H2,1H3. The molecule has 100 valence electrons. The van der Waals surface area contributed by atoms with Gasteiger partial charge < -0.3 is 16.0 Å². The van der Waals surface area contributed by atoms with E-state index in [2.05, 4.69) is 4.52 Å². The predicted octanol–water partition coefficient (Wildman–Crippen LogP) is 1.09. The van der Waals surface area contributed by atoms with E-state index in [0.29, 0.717) is 0 Å². The smallest absolute Gasteiger partial charge is 0.404 e. The van der Waals surface area contributed by atoms with Crippen molar-refractivity contribution < 1.29 is 18.9 Å². The number of benzene rings is 1. The second-order valence-electron chi connectivity index (χ2n) is 2.71. The Labute approximate surface area is 102 Å².